The van der Waals surface area contributed by atoms with Crippen LogP contribution in [0.4, 0.5) is 5.69 Å². The summed E-state index contributed by atoms with van der Waals surface area (Å²) in [6.07, 6.45) is 2.77. The van der Waals surface area contributed by atoms with Crippen molar-refractivity contribution in [2.45, 2.75) is 44.9 Å². The fourth-order valence-electron chi connectivity index (χ4n) is 2.36. The van der Waals surface area contributed by atoms with Gasteiger partial charge in [0.15, 0.2) is 0 Å². The highest BCUT2D eigenvalue weighted by atomic mass is 32.2. The Hall–Kier alpha value is -2.25. The van der Waals surface area contributed by atoms with Crippen molar-refractivity contribution in [2.75, 3.05) is 6.54 Å². The fourth-order valence-corrected chi connectivity index (χ4v) is 3.66. The van der Waals surface area contributed by atoms with Gasteiger partial charge in [0, 0.05) is 24.2 Å². The molecule has 0 radical (unpaired) electrons. The van der Waals surface area contributed by atoms with E-state index in [0.717, 1.165) is 19.3 Å². The second-order valence-electron chi connectivity index (χ2n) is 5.41. The summed E-state index contributed by atoms with van der Waals surface area (Å²) < 4.78 is 27.7. The second-order valence-corrected chi connectivity index (χ2v) is 7.14. The number of unbranched alkanes of at least 4 members (excludes halogenated alkanes) is 2. The first kappa shape index (κ1) is 21.8. The highest BCUT2D eigenvalue weighted by Crippen LogP contribution is 2.28. The summed E-state index contributed by atoms with van der Waals surface area (Å²) in [6, 6.07) is 12.5. The molecule has 0 amide bonds. The minimum absolute atomic E-state index is 0.0308. The Balaban J connectivity index is 0.00000163. The van der Waals surface area contributed by atoms with E-state index < -0.39 is 14.9 Å². The number of sulfonamides is 1. The predicted octanol–water partition coefficient (Wildman–Crippen LogP) is 4.76. The Bertz CT molecular complexity index is 803. The van der Waals surface area contributed by atoms with Crippen molar-refractivity contribution in [2.24, 2.45) is 0 Å². The molecular weight excluding hydrogens is 352 g/mol. The van der Waals surface area contributed by atoms with E-state index in [9.17, 15) is 18.5 Å². The minimum atomic E-state index is -3.63. The second kappa shape index (κ2) is 10.7. The molecule has 0 aliphatic carbocycles. The number of nitrogens with one attached hydrogen (secondary N) is 1. The van der Waals surface area contributed by atoms with E-state index in [0.29, 0.717) is 17.7 Å². The molecule has 142 valence electrons. The molecule has 2 aromatic carbocycles. The van der Waals surface area contributed by atoms with Crippen LogP contribution in [-0.2, 0) is 10.0 Å². The lowest BCUT2D eigenvalue weighted by Crippen LogP contribution is -2.25. The van der Waals surface area contributed by atoms with Gasteiger partial charge in [-0.15, -0.1) is 0 Å². The molecule has 2 rings (SSSR count). The third kappa shape index (κ3) is 5.93. The van der Waals surface area contributed by atoms with Crippen molar-refractivity contribution in [1.82, 2.24) is 4.72 Å². The van der Waals surface area contributed by atoms with E-state index in [1.807, 2.05) is 13.8 Å². The van der Waals surface area contributed by atoms with E-state index in [1.165, 1.54) is 12.1 Å². The molecule has 0 saturated heterocycles. The summed E-state index contributed by atoms with van der Waals surface area (Å²) in [5.41, 5.74) is 1.11. The van der Waals surface area contributed by atoms with Gasteiger partial charge in [0.1, 0.15) is 0 Å². The summed E-state index contributed by atoms with van der Waals surface area (Å²) in [5, 5.41) is 10.7. The summed E-state index contributed by atoms with van der Waals surface area (Å²) in [7, 11) is -3.63. The summed E-state index contributed by atoms with van der Waals surface area (Å²) in [4.78, 5) is 10.4. The number of benzene rings is 2. The van der Waals surface area contributed by atoms with Crippen molar-refractivity contribution in [3.63, 3.8) is 0 Å². The van der Waals surface area contributed by atoms with Gasteiger partial charge < -0.3 is 0 Å². The fraction of sp³-hybridized carbons (Fsp3) is 0.368. The first-order chi connectivity index (χ1) is 12.5. The number of hydrogen-bond donors (Lipinski definition) is 1. The average molecular weight is 378 g/mol. The lowest BCUT2D eigenvalue weighted by molar-refractivity contribution is -0.384. The molecule has 0 aromatic heterocycles. The lowest BCUT2D eigenvalue weighted by Gasteiger charge is -2.11. The zero-order valence-corrected chi connectivity index (χ0v) is 16.3. The van der Waals surface area contributed by atoms with Crippen LogP contribution in [0, 0.1) is 10.1 Å². The van der Waals surface area contributed by atoms with Gasteiger partial charge in [-0.3, -0.25) is 10.1 Å². The van der Waals surface area contributed by atoms with Crippen LogP contribution in [0.3, 0.4) is 0 Å². The Kier molecular flexibility index (Phi) is 8.95. The van der Waals surface area contributed by atoms with Gasteiger partial charge in [-0.1, -0.05) is 51.8 Å². The molecule has 0 fully saturated rings. The molecule has 0 atom stereocenters. The van der Waals surface area contributed by atoms with Gasteiger partial charge in [0.25, 0.3) is 5.69 Å². The van der Waals surface area contributed by atoms with Crippen molar-refractivity contribution >= 4 is 15.7 Å². The number of nitro groups is 1. The van der Waals surface area contributed by atoms with E-state index in [1.54, 1.807) is 36.4 Å². The quantitative estimate of drug-likeness (QED) is 0.407. The molecule has 0 spiro atoms. The predicted molar refractivity (Wildman–Crippen MR) is 105 cm³/mol. The molecule has 7 heteroatoms. The van der Waals surface area contributed by atoms with Crippen LogP contribution >= 0.6 is 0 Å². The molecule has 1 N–H and O–H groups in total. The van der Waals surface area contributed by atoms with Crippen LogP contribution in [0.1, 0.15) is 40.0 Å². The maximum absolute atomic E-state index is 12.5. The van der Waals surface area contributed by atoms with Gasteiger partial charge in [-0.25, -0.2) is 13.1 Å². The summed E-state index contributed by atoms with van der Waals surface area (Å²) in [6.45, 7) is 6.45. The molecule has 2 aromatic rings. The molecule has 6 nitrogen and oxygen atoms in total. The number of nitrogens with zero attached hydrogens (tertiary/aromatic N) is 1. The van der Waals surface area contributed by atoms with Gasteiger partial charge in [-0.05, 0) is 30.2 Å². The third-order valence-electron chi connectivity index (χ3n) is 3.64. The normalized spacial score (nSPS) is 10.7. The Morgan fingerprint density at radius 1 is 1.00 bits per heavy atom. The smallest absolute Gasteiger partial charge is 0.258 e. The largest absolute Gasteiger partial charge is 0.269 e. The zero-order chi connectivity index (χ0) is 19.6. The van der Waals surface area contributed by atoms with Crippen LogP contribution in [0.15, 0.2) is 53.4 Å². The van der Waals surface area contributed by atoms with Crippen LogP contribution < -0.4 is 4.72 Å². The minimum Gasteiger partial charge on any atom is -0.258 e. The molecule has 26 heavy (non-hydrogen) atoms. The number of nitro benzene ring substituents is 1. The van der Waals surface area contributed by atoms with Crippen molar-refractivity contribution in [1.29, 1.82) is 0 Å². The van der Waals surface area contributed by atoms with E-state index in [-0.39, 0.29) is 10.6 Å². The Morgan fingerprint density at radius 3 is 2.19 bits per heavy atom. The maximum Gasteiger partial charge on any atom is 0.269 e. The van der Waals surface area contributed by atoms with Crippen LogP contribution in [0.5, 0.6) is 0 Å². The average Bonchev–Trinajstić information content (AvgIpc) is 2.67. The molecule has 0 saturated carbocycles. The molecule has 0 aliphatic rings. The van der Waals surface area contributed by atoms with Crippen molar-refractivity contribution in [3.05, 3.63) is 58.6 Å². The molecule has 0 aliphatic heterocycles. The monoisotopic (exact) mass is 378 g/mol. The Labute approximate surface area is 155 Å². The van der Waals surface area contributed by atoms with Crippen LogP contribution in [0.25, 0.3) is 11.1 Å². The van der Waals surface area contributed by atoms with Crippen molar-refractivity contribution in [3.8, 4) is 11.1 Å². The van der Waals surface area contributed by atoms with E-state index in [2.05, 4.69) is 11.6 Å². The highest BCUT2D eigenvalue weighted by Gasteiger charge is 2.18. The lowest BCUT2D eigenvalue weighted by atomic mass is 10.1. The first-order valence-corrected chi connectivity index (χ1v) is 10.3. The Morgan fingerprint density at radius 2 is 1.62 bits per heavy atom. The molecule has 0 heterocycles. The zero-order valence-electron chi connectivity index (χ0n) is 15.4. The number of hydrogen-bond acceptors (Lipinski definition) is 4. The summed E-state index contributed by atoms with van der Waals surface area (Å²) in [5.74, 6) is 0. The molecule has 0 bridgehead atoms. The van der Waals surface area contributed by atoms with E-state index >= 15 is 0 Å². The standard InChI is InChI=1S/C17H20N2O4S.C2H6/c1-2-3-6-13-18-24(22,23)17-8-5-4-7-16(17)14-9-11-15(12-10-14)19(20)21;1-2/h4-5,7-12,18H,2-3,6,13H2,1H3;1-2H3. The van der Waals surface area contributed by atoms with E-state index in [4.69, 9.17) is 0 Å². The molecule has 0 unspecified atom stereocenters. The highest BCUT2D eigenvalue weighted by molar-refractivity contribution is 7.89. The van der Waals surface area contributed by atoms with Crippen molar-refractivity contribution < 1.29 is 13.3 Å². The number of non-ortho nitro benzene ring substituents is 1. The molecular formula is C19H26N2O4S. The van der Waals surface area contributed by atoms with Gasteiger partial charge in [-0.2, -0.15) is 0 Å². The van der Waals surface area contributed by atoms with Gasteiger partial charge >= 0.3 is 0 Å². The topological polar surface area (TPSA) is 89.3 Å². The van der Waals surface area contributed by atoms with Crippen LogP contribution in [-0.4, -0.2) is 19.9 Å². The first-order valence-electron chi connectivity index (χ1n) is 8.79. The van der Waals surface area contributed by atoms with Crippen LogP contribution in [0.2, 0.25) is 0 Å². The van der Waals surface area contributed by atoms with Gasteiger partial charge in [0.05, 0.1) is 9.82 Å². The number of rotatable bonds is 8. The van der Waals surface area contributed by atoms with Gasteiger partial charge in [0.2, 0.25) is 10.0 Å². The summed E-state index contributed by atoms with van der Waals surface area (Å²) >= 11 is 0. The maximum atomic E-state index is 12.5. The third-order valence-corrected chi connectivity index (χ3v) is 5.16. The SMILES string of the molecule is CC.CCCCCNS(=O)(=O)c1ccccc1-c1ccc([N+](=O)[O-])cc1.